The Labute approximate surface area is 166 Å². The summed E-state index contributed by atoms with van der Waals surface area (Å²) < 4.78 is 6.34. The SMILES string of the molecule is CCC1(CC)C[C@H](NC(=O)[C@@H](C)Sc2ccc(C)cc2)c2ccccc2O1. The lowest BCUT2D eigenvalue weighted by Gasteiger charge is -2.42. The number of amides is 1. The van der Waals surface area contributed by atoms with E-state index in [1.807, 2.05) is 25.1 Å². The predicted octanol–water partition coefficient (Wildman–Crippen LogP) is 5.67. The number of ether oxygens (including phenoxy) is 1. The molecule has 27 heavy (non-hydrogen) atoms. The van der Waals surface area contributed by atoms with Gasteiger partial charge in [-0.3, -0.25) is 4.79 Å². The van der Waals surface area contributed by atoms with Crippen LogP contribution in [0.4, 0.5) is 0 Å². The van der Waals surface area contributed by atoms with Gasteiger partial charge in [-0.05, 0) is 44.9 Å². The van der Waals surface area contributed by atoms with Crippen molar-refractivity contribution >= 4 is 17.7 Å². The topological polar surface area (TPSA) is 38.3 Å². The maximum Gasteiger partial charge on any atom is 0.233 e. The molecule has 1 aliphatic heterocycles. The highest BCUT2D eigenvalue weighted by Crippen LogP contribution is 2.42. The van der Waals surface area contributed by atoms with Crippen molar-refractivity contribution in [3.63, 3.8) is 0 Å². The van der Waals surface area contributed by atoms with Crippen LogP contribution in [0.15, 0.2) is 53.4 Å². The van der Waals surface area contributed by atoms with E-state index in [0.717, 1.165) is 35.5 Å². The van der Waals surface area contributed by atoms with Gasteiger partial charge < -0.3 is 10.1 Å². The molecule has 144 valence electrons. The summed E-state index contributed by atoms with van der Waals surface area (Å²) in [6.07, 6.45) is 2.67. The largest absolute Gasteiger partial charge is 0.487 e. The summed E-state index contributed by atoms with van der Waals surface area (Å²) in [5, 5.41) is 3.14. The molecule has 0 radical (unpaired) electrons. The van der Waals surface area contributed by atoms with E-state index in [0.29, 0.717) is 0 Å². The minimum Gasteiger partial charge on any atom is -0.487 e. The molecule has 1 amide bonds. The number of thioether (sulfide) groups is 1. The highest BCUT2D eigenvalue weighted by molar-refractivity contribution is 8.00. The van der Waals surface area contributed by atoms with Crippen molar-refractivity contribution in [3.8, 4) is 5.75 Å². The number of aryl methyl sites for hydroxylation is 1. The number of hydrogen-bond donors (Lipinski definition) is 1. The summed E-state index contributed by atoms with van der Waals surface area (Å²) in [5.74, 6) is 0.972. The molecule has 1 N–H and O–H groups in total. The molecule has 3 rings (SSSR count). The lowest BCUT2D eigenvalue weighted by atomic mass is 9.83. The van der Waals surface area contributed by atoms with Gasteiger partial charge in [0.25, 0.3) is 0 Å². The molecule has 2 aromatic carbocycles. The minimum atomic E-state index is -0.209. The zero-order valence-corrected chi connectivity index (χ0v) is 17.4. The van der Waals surface area contributed by atoms with Crippen LogP contribution in [0.1, 0.15) is 57.2 Å². The van der Waals surface area contributed by atoms with Crippen LogP contribution in [0.5, 0.6) is 5.75 Å². The molecule has 0 saturated carbocycles. The fraction of sp³-hybridized carbons (Fsp3) is 0.435. The average Bonchev–Trinajstić information content (AvgIpc) is 2.69. The minimum absolute atomic E-state index is 0.0107. The first-order chi connectivity index (χ1) is 13.0. The molecule has 0 unspecified atom stereocenters. The van der Waals surface area contributed by atoms with E-state index < -0.39 is 0 Å². The number of para-hydroxylation sites is 1. The van der Waals surface area contributed by atoms with E-state index in [1.54, 1.807) is 11.8 Å². The van der Waals surface area contributed by atoms with Gasteiger partial charge in [0.2, 0.25) is 5.91 Å². The Morgan fingerprint density at radius 1 is 1.19 bits per heavy atom. The van der Waals surface area contributed by atoms with Gasteiger partial charge in [-0.1, -0.05) is 49.7 Å². The summed E-state index contributed by atoms with van der Waals surface area (Å²) in [7, 11) is 0. The van der Waals surface area contributed by atoms with E-state index in [-0.39, 0.29) is 22.8 Å². The Hall–Kier alpha value is -1.94. The molecule has 0 spiro atoms. The highest BCUT2D eigenvalue weighted by Gasteiger charge is 2.39. The van der Waals surface area contributed by atoms with Crippen LogP contribution in [-0.2, 0) is 4.79 Å². The van der Waals surface area contributed by atoms with Crippen LogP contribution in [0.25, 0.3) is 0 Å². The molecule has 1 heterocycles. The van der Waals surface area contributed by atoms with Crippen LogP contribution in [-0.4, -0.2) is 16.8 Å². The van der Waals surface area contributed by atoms with Crippen molar-refractivity contribution in [1.29, 1.82) is 0 Å². The van der Waals surface area contributed by atoms with Gasteiger partial charge in [-0.2, -0.15) is 0 Å². The summed E-state index contributed by atoms with van der Waals surface area (Å²) in [4.78, 5) is 14.0. The highest BCUT2D eigenvalue weighted by atomic mass is 32.2. The van der Waals surface area contributed by atoms with Crippen molar-refractivity contribution in [1.82, 2.24) is 5.32 Å². The molecule has 0 saturated heterocycles. The molecular weight excluding hydrogens is 354 g/mol. The van der Waals surface area contributed by atoms with Gasteiger partial charge in [0.15, 0.2) is 0 Å². The number of carbonyl (C=O) groups excluding carboxylic acids is 1. The van der Waals surface area contributed by atoms with Gasteiger partial charge >= 0.3 is 0 Å². The second-order valence-electron chi connectivity index (χ2n) is 7.37. The van der Waals surface area contributed by atoms with Gasteiger partial charge in [0.1, 0.15) is 11.4 Å². The summed E-state index contributed by atoms with van der Waals surface area (Å²) in [5.41, 5.74) is 2.10. The number of hydrogen-bond acceptors (Lipinski definition) is 3. The summed E-state index contributed by atoms with van der Waals surface area (Å²) >= 11 is 1.60. The van der Waals surface area contributed by atoms with Crippen molar-refractivity contribution < 1.29 is 9.53 Å². The molecule has 0 bridgehead atoms. The van der Waals surface area contributed by atoms with E-state index in [9.17, 15) is 4.79 Å². The molecule has 2 aromatic rings. The van der Waals surface area contributed by atoms with E-state index in [1.165, 1.54) is 5.56 Å². The monoisotopic (exact) mass is 383 g/mol. The second kappa shape index (κ2) is 8.39. The van der Waals surface area contributed by atoms with Gasteiger partial charge in [0.05, 0.1) is 11.3 Å². The first-order valence-electron chi connectivity index (χ1n) is 9.78. The quantitative estimate of drug-likeness (QED) is 0.653. The normalized spacial score (nSPS) is 18.9. The van der Waals surface area contributed by atoms with E-state index >= 15 is 0 Å². The van der Waals surface area contributed by atoms with Crippen LogP contribution >= 0.6 is 11.8 Å². The standard InChI is InChI=1S/C23H29NO2S/c1-5-23(6-2)15-20(19-9-7-8-10-21(19)26-23)24-22(25)17(4)27-18-13-11-16(3)12-14-18/h7-14,17,20H,5-6,15H2,1-4H3,(H,24,25)/t17-,20+/m1/s1. The van der Waals surface area contributed by atoms with Crippen molar-refractivity contribution in [3.05, 3.63) is 59.7 Å². The Bertz CT molecular complexity index is 783. The summed E-state index contributed by atoms with van der Waals surface area (Å²) in [6, 6.07) is 16.4. The fourth-order valence-electron chi connectivity index (χ4n) is 3.59. The van der Waals surface area contributed by atoms with Crippen LogP contribution < -0.4 is 10.1 Å². The Morgan fingerprint density at radius 2 is 1.85 bits per heavy atom. The van der Waals surface area contributed by atoms with Gasteiger partial charge in [-0.15, -0.1) is 11.8 Å². The van der Waals surface area contributed by atoms with Crippen LogP contribution in [0.2, 0.25) is 0 Å². The molecule has 2 atom stereocenters. The zero-order valence-electron chi connectivity index (χ0n) is 16.6. The van der Waals surface area contributed by atoms with Crippen molar-refractivity contribution in [2.45, 2.75) is 68.7 Å². The van der Waals surface area contributed by atoms with Crippen molar-refractivity contribution in [2.75, 3.05) is 0 Å². The van der Waals surface area contributed by atoms with Crippen LogP contribution in [0.3, 0.4) is 0 Å². The van der Waals surface area contributed by atoms with E-state index in [2.05, 4.69) is 56.4 Å². The average molecular weight is 384 g/mol. The lowest BCUT2D eigenvalue weighted by molar-refractivity contribution is -0.121. The number of nitrogens with one attached hydrogen (secondary N) is 1. The second-order valence-corrected chi connectivity index (χ2v) is 8.78. The molecule has 0 aromatic heterocycles. The fourth-order valence-corrected chi connectivity index (χ4v) is 4.47. The number of benzene rings is 2. The van der Waals surface area contributed by atoms with E-state index in [4.69, 9.17) is 4.74 Å². The molecule has 3 nitrogen and oxygen atoms in total. The Kier molecular flexibility index (Phi) is 6.15. The Morgan fingerprint density at radius 3 is 2.52 bits per heavy atom. The zero-order chi connectivity index (χ0) is 19.4. The predicted molar refractivity (Wildman–Crippen MR) is 112 cm³/mol. The first-order valence-corrected chi connectivity index (χ1v) is 10.7. The smallest absolute Gasteiger partial charge is 0.233 e. The number of carbonyl (C=O) groups is 1. The molecule has 1 aliphatic rings. The summed E-state index contributed by atoms with van der Waals surface area (Å²) in [6.45, 7) is 8.36. The number of fused-ring (bicyclic) bond motifs is 1. The maximum absolute atomic E-state index is 12.9. The van der Waals surface area contributed by atoms with Gasteiger partial charge in [-0.25, -0.2) is 0 Å². The third-order valence-corrected chi connectivity index (χ3v) is 6.62. The molecule has 0 fully saturated rings. The third-order valence-electron chi connectivity index (χ3n) is 5.51. The number of rotatable bonds is 6. The van der Waals surface area contributed by atoms with Gasteiger partial charge in [0, 0.05) is 16.9 Å². The molecular formula is C23H29NO2S. The maximum atomic E-state index is 12.9. The third kappa shape index (κ3) is 4.49. The van der Waals surface area contributed by atoms with Crippen LogP contribution in [0, 0.1) is 6.92 Å². The first kappa shape index (κ1) is 19.8. The lowest BCUT2D eigenvalue weighted by Crippen LogP contribution is -2.45. The molecule has 0 aliphatic carbocycles. The molecule has 4 heteroatoms. The Balaban J connectivity index is 1.74. The van der Waals surface area contributed by atoms with Crippen molar-refractivity contribution in [2.24, 2.45) is 0 Å².